The van der Waals surface area contributed by atoms with E-state index in [-0.39, 0.29) is 0 Å². The first-order valence-electron chi connectivity index (χ1n) is 7.15. The molecule has 1 saturated heterocycles. The topological polar surface area (TPSA) is 71.8 Å². The van der Waals surface area contributed by atoms with Gasteiger partial charge in [0.25, 0.3) is 0 Å². The summed E-state index contributed by atoms with van der Waals surface area (Å²) >= 11 is 0. The molecule has 20 heavy (non-hydrogen) atoms. The molecule has 1 aromatic rings. The number of aliphatic hydroxyl groups is 2. The molecule has 1 aliphatic heterocycles. The molecule has 110 valence electrons. The SMILES string of the molecule is Cc1ncccc1C(O)C1(O)CCC2(CC1)OCCO2. The molecule has 1 atom stereocenters. The highest BCUT2D eigenvalue weighted by molar-refractivity contribution is 5.24. The van der Waals surface area contributed by atoms with Crippen LogP contribution in [0.1, 0.15) is 43.0 Å². The summed E-state index contributed by atoms with van der Waals surface area (Å²) in [6, 6.07) is 3.60. The normalized spacial score (nSPS) is 25.8. The van der Waals surface area contributed by atoms with Crippen LogP contribution in [0.5, 0.6) is 0 Å². The largest absolute Gasteiger partial charge is 0.387 e. The predicted molar refractivity (Wildman–Crippen MR) is 72.0 cm³/mol. The van der Waals surface area contributed by atoms with Crippen LogP contribution in [-0.4, -0.2) is 39.8 Å². The molecule has 1 saturated carbocycles. The number of pyridine rings is 1. The minimum atomic E-state index is -1.13. The summed E-state index contributed by atoms with van der Waals surface area (Å²) in [5.41, 5.74) is 0.315. The fourth-order valence-corrected chi connectivity index (χ4v) is 3.20. The fourth-order valence-electron chi connectivity index (χ4n) is 3.20. The van der Waals surface area contributed by atoms with Crippen molar-refractivity contribution in [1.82, 2.24) is 4.98 Å². The Bertz CT molecular complexity index is 475. The summed E-state index contributed by atoms with van der Waals surface area (Å²) < 4.78 is 11.3. The van der Waals surface area contributed by atoms with Gasteiger partial charge < -0.3 is 19.7 Å². The van der Waals surface area contributed by atoms with Crippen molar-refractivity contribution in [2.45, 2.75) is 50.1 Å². The van der Waals surface area contributed by atoms with Crippen molar-refractivity contribution in [2.75, 3.05) is 13.2 Å². The van der Waals surface area contributed by atoms with Crippen molar-refractivity contribution < 1.29 is 19.7 Å². The molecule has 1 spiro atoms. The van der Waals surface area contributed by atoms with E-state index < -0.39 is 17.5 Å². The van der Waals surface area contributed by atoms with Crippen LogP contribution >= 0.6 is 0 Å². The molecule has 1 unspecified atom stereocenters. The van der Waals surface area contributed by atoms with E-state index in [0.29, 0.717) is 44.5 Å². The van der Waals surface area contributed by atoms with Gasteiger partial charge in [0, 0.05) is 30.3 Å². The summed E-state index contributed by atoms with van der Waals surface area (Å²) in [4.78, 5) is 4.18. The van der Waals surface area contributed by atoms with E-state index in [0.717, 1.165) is 5.69 Å². The van der Waals surface area contributed by atoms with Crippen LogP contribution in [0.15, 0.2) is 18.3 Å². The zero-order valence-corrected chi connectivity index (χ0v) is 11.7. The van der Waals surface area contributed by atoms with Crippen molar-refractivity contribution in [1.29, 1.82) is 0 Å². The quantitative estimate of drug-likeness (QED) is 0.858. The summed E-state index contributed by atoms with van der Waals surface area (Å²) in [6.45, 7) is 3.07. The second kappa shape index (κ2) is 5.07. The Morgan fingerprint density at radius 3 is 2.45 bits per heavy atom. The molecule has 5 heteroatoms. The van der Waals surface area contributed by atoms with Gasteiger partial charge in [-0.25, -0.2) is 0 Å². The van der Waals surface area contributed by atoms with Crippen LogP contribution in [0, 0.1) is 6.92 Å². The van der Waals surface area contributed by atoms with E-state index in [2.05, 4.69) is 4.98 Å². The number of rotatable bonds is 2. The molecular formula is C15H21NO4. The Labute approximate surface area is 118 Å². The molecule has 5 nitrogen and oxygen atoms in total. The molecule has 0 radical (unpaired) electrons. The Morgan fingerprint density at radius 2 is 1.85 bits per heavy atom. The highest BCUT2D eigenvalue weighted by Gasteiger charge is 2.49. The Balaban J connectivity index is 1.75. The number of hydrogen-bond donors (Lipinski definition) is 2. The van der Waals surface area contributed by atoms with Crippen molar-refractivity contribution in [2.24, 2.45) is 0 Å². The van der Waals surface area contributed by atoms with Gasteiger partial charge >= 0.3 is 0 Å². The lowest BCUT2D eigenvalue weighted by molar-refractivity contribution is -0.217. The van der Waals surface area contributed by atoms with Gasteiger partial charge in [-0.2, -0.15) is 0 Å². The fraction of sp³-hybridized carbons (Fsp3) is 0.667. The van der Waals surface area contributed by atoms with Gasteiger partial charge in [-0.1, -0.05) is 6.07 Å². The van der Waals surface area contributed by atoms with Gasteiger partial charge in [-0.05, 0) is 25.8 Å². The molecular weight excluding hydrogens is 258 g/mol. The number of aliphatic hydroxyl groups excluding tert-OH is 1. The molecule has 0 aromatic carbocycles. The van der Waals surface area contributed by atoms with E-state index in [9.17, 15) is 10.2 Å². The maximum Gasteiger partial charge on any atom is 0.168 e. The summed E-state index contributed by atoms with van der Waals surface area (Å²) in [7, 11) is 0. The first kappa shape index (κ1) is 13.9. The third-order valence-electron chi connectivity index (χ3n) is 4.54. The molecule has 2 aliphatic rings. The predicted octanol–water partition coefficient (Wildman–Crippen LogP) is 1.47. The zero-order valence-electron chi connectivity index (χ0n) is 11.7. The van der Waals surface area contributed by atoms with Crippen LogP contribution in [0.25, 0.3) is 0 Å². The van der Waals surface area contributed by atoms with Gasteiger partial charge in [0.05, 0.1) is 18.8 Å². The first-order chi connectivity index (χ1) is 9.55. The van der Waals surface area contributed by atoms with Crippen molar-refractivity contribution in [3.05, 3.63) is 29.6 Å². The van der Waals surface area contributed by atoms with Crippen LogP contribution in [0.2, 0.25) is 0 Å². The van der Waals surface area contributed by atoms with Crippen molar-refractivity contribution in [3.8, 4) is 0 Å². The van der Waals surface area contributed by atoms with E-state index in [1.54, 1.807) is 12.3 Å². The van der Waals surface area contributed by atoms with Gasteiger partial charge in [0.1, 0.15) is 6.10 Å². The lowest BCUT2D eigenvalue weighted by Crippen LogP contribution is -2.47. The number of ether oxygens (including phenoxy) is 2. The standard InChI is InChI=1S/C15H21NO4/c1-11-12(3-2-8-16-11)13(17)14(18)4-6-15(7-5-14)19-9-10-20-15/h2-3,8,13,17-18H,4-7,9-10H2,1H3. The Hall–Kier alpha value is -1.01. The van der Waals surface area contributed by atoms with E-state index in [4.69, 9.17) is 9.47 Å². The Morgan fingerprint density at radius 1 is 1.20 bits per heavy atom. The molecule has 2 heterocycles. The van der Waals surface area contributed by atoms with Crippen LogP contribution in [-0.2, 0) is 9.47 Å². The van der Waals surface area contributed by atoms with Gasteiger partial charge in [0.2, 0.25) is 0 Å². The van der Waals surface area contributed by atoms with Crippen LogP contribution in [0.3, 0.4) is 0 Å². The molecule has 3 rings (SSSR count). The monoisotopic (exact) mass is 279 g/mol. The van der Waals surface area contributed by atoms with Crippen molar-refractivity contribution in [3.63, 3.8) is 0 Å². The summed E-state index contributed by atoms with van der Waals surface area (Å²) in [5.74, 6) is -0.532. The Kier molecular flexibility index (Phi) is 3.54. The number of aryl methyl sites for hydroxylation is 1. The smallest absolute Gasteiger partial charge is 0.168 e. The van der Waals surface area contributed by atoms with Crippen molar-refractivity contribution >= 4 is 0 Å². The van der Waals surface area contributed by atoms with Crippen LogP contribution in [0.4, 0.5) is 0 Å². The zero-order chi connectivity index (χ0) is 14.2. The second-order valence-corrected chi connectivity index (χ2v) is 5.79. The third kappa shape index (κ3) is 2.35. The number of hydrogen-bond acceptors (Lipinski definition) is 5. The van der Waals surface area contributed by atoms with Gasteiger partial charge in [-0.15, -0.1) is 0 Å². The van der Waals surface area contributed by atoms with E-state index >= 15 is 0 Å². The molecule has 1 aromatic heterocycles. The molecule has 2 fully saturated rings. The number of nitrogens with zero attached hydrogens (tertiary/aromatic N) is 1. The van der Waals surface area contributed by atoms with Gasteiger partial charge in [-0.3, -0.25) is 4.98 Å². The molecule has 0 bridgehead atoms. The maximum atomic E-state index is 10.8. The average molecular weight is 279 g/mol. The van der Waals surface area contributed by atoms with E-state index in [1.165, 1.54) is 0 Å². The summed E-state index contributed by atoms with van der Waals surface area (Å²) in [5, 5.41) is 21.3. The van der Waals surface area contributed by atoms with Gasteiger partial charge in [0.15, 0.2) is 5.79 Å². The summed E-state index contributed by atoms with van der Waals surface area (Å²) in [6.07, 6.45) is 2.91. The number of aromatic nitrogens is 1. The highest BCUT2D eigenvalue weighted by Crippen LogP contribution is 2.45. The van der Waals surface area contributed by atoms with Crippen LogP contribution < -0.4 is 0 Å². The molecule has 1 aliphatic carbocycles. The lowest BCUT2D eigenvalue weighted by Gasteiger charge is -2.43. The second-order valence-electron chi connectivity index (χ2n) is 5.79. The lowest BCUT2D eigenvalue weighted by atomic mass is 9.76. The first-order valence-corrected chi connectivity index (χ1v) is 7.15. The maximum absolute atomic E-state index is 10.8. The molecule has 0 amide bonds. The molecule has 2 N–H and O–H groups in total. The van der Waals surface area contributed by atoms with E-state index in [1.807, 2.05) is 13.0 Å². The average Bonchev–Trinajstić information content (AvgIpc) is 2.91. The minimum Gasteiger partial charge on any atom is -0.387 e. The third-order valence-corrected chi connectivity index (χ3v) is 4.54. The minimum absolute atomic E-state index is 0.461. The highest BCUT2D eigenvalue weighted by atomic mass is 16.7.